The van der Waals surface area contributed by atoms with Gasteiger partial charge >= 0.3 is 8.80 Å². The second-order valence-electron chi connectivity index (χ2n) is 2.48. The molecule has 0 aromatic carbocycles. The van der Waals surface area contributed by atoms with Crippen LogP contribution in [0.1, 0.15) is 13.3 Å². The summed E-state index contributed by atoms with van der Waals surface area (Å²) >= 11 is 8.06. The Morgan fingerprint density at radius 3 is 2.33 bits per heavy atom. The first-order valence-electron chi connectivity index (χ1n) is 3.88. The molecule has 0 amide bonds. The highest BCUT2D eigenvalue weighted by atomic mass is 32.1. The van der Waals surface area contributed by atoms with Crippen LogP contribution in [0.5, 0.6) is 0 Å². The third-order valence-electron chi connectivity index (χ3n) is 1.59. The molecule has 0 heterocycles. The lowest BCUT2D eigenvalue weighted by Gasteiger charge is -2.24. The summed E-state index contributed by atoms with van der Waals surface area (Å²) in [4.78, 5) is 19.0. The molecule has 0 rings (SSSR count). The Morgan fingerprint density at radius 2 is 2.00 bits per heavy atom. The van der Waals surface area contributed by atoms with E-state index in [1.165, 1.54) is 0 Å². The molecule has 0 aliphatic heterocycles. The van der Waals surface area contributed by atoms with Gasteiger partial charge in [-0.25, -0.2) is 0 Å². The lowest BCUT2D eigenvalue weighted by Crippen LogP contribution is -2.45. The van der Waals surface area contributed by atoms with Crippen molar-refractivity contribution >= 4 is 34.1 Å². The van der Waals surface area contributed by atoms with Crippen LogP contribution in [0.2, 0.25) is 5.54 Å². The zero-order valence-corrected chi connectivity index (χ0v) is 9.89. The zero-order chi connectivity index (χ0) is 9.61. The molecule has 0 fully saturated rings. The largest absolute Gasteiger partial charge is 0.499 e. The van der Waals surface area contributed by atoms with E-state index in [1.807, 2.05) is 0 Å². The fourth-order valence-electron chi connectivity index (χ4n) is 0.884. The van der Waals surface area contributed by atoms with Gasteiger partial charge < -0.3 is 14.0 Å². The van der Waals surface area contributed by atoms with Gasteiger partial charge in [0.15, 0.2) is 0 Å². The van der Waals surface area contributed by atoms with Gasteiger partial charge in [-0.3, -0.25) is 0 Å². The molecule has 0 aliphatic rings. The van der Waals surface area contributed by atoms with Crippen LogP contribution in [-0.2, 0) is 4.43 Å². The van der Waals surface area contributed by atoms with Gasteiger partial charge in [0, 0.05) is 12.1 Å². The van der Waals surface area contributed by atoms with Crippen molar-refractivity contribution in [2.24, 2.45) is 0 Å². The maximum absolute atomic E-state index is 9.49. The third kappa shape index (κ3) is 4.15. The van der Waals surface area contributed by atoms with Crippen LogP contribution in [-0.4, -0.2) is 36.5 Å². The SMILES string of the molecule is CCO[Si](O)(O)C(CS)CCS. The normalized spacial score (nSPS) is 14.8. The minimum absolute atomic E-state index is 0.252. The van der Waals surface area contributed by atoms with Gasteiger partial charge in [-0.1, -0.05) is 0 Å². The Bertz CT molecular complexity index is 123. The molecular formula is C6H16O3S2Si. The van der Waals surface area contributed by atoms with Crippen molar-refractivity contribution in [2.75, 3.05) is 18.1 Å². The number of hydrogen-bond donors (Lipinski definition) is 4. The fourth-order valence-corrected chi connectivity index (χ4v) is 3.75. The lowest BCUT2D eigenvalue weighted by atomic mass is 10.4. The standard InChI is InChI=1S/C6H16O3S2Si/c1-2-9-12(7,8)6(5-11)3-4-10/h6-8,10-11H,2-5H2,1H3. The average Bonchev–Trinajstić information content (AvgIpc) is 1.99. The van der Waals surface area contributed by atoms with E-state index in [2.05, 4.69) is 25.3 Å². The molecule has 74 valence electrons. The van der Waals surface area contributed by atoms with Gasteiger partial charge in [-0.2, -0.15) is 25.3 Å². The van der Waals surface area contributed by atoms with Gasteiger partial charge in [-0.05, 0) is 24.9 Å². The molecular weight excluding hydrogens is 212 g/mol. The number of hydrogen-bond acceptors (Lipinski definition) is 5. The topological polar surface area (TPSA) is 49.7 Å². The predicted octanol–water partition coefficient (Wildman–Crippen LogP) is 0.566. The van der Waals surface area contributed by atoms with E-state index in [1.54, 1.807) is 6.92 Å². The van der Waals surface area contributed by atoms with Crippen LogP contribution in [0.15, 0.2) is 0 Å². The third-order valence-corrected chi connectivity index (χ3v) is 4.90. The fraction of sp³-hybridized carbons (Fsp3) is 1.00. The van der Waals surface area contributed by atoms with Crippen molar-refractivity contribution in [1.82, 2.24) is 0 Å². The molecule has 0 radical (unpaired) electrons. The molecule has 0 saturated carbocycles. The smallest absolute Gasteiger partial charge is 0.390 e. The summed E-state index contributed by atoms with van der Waals surface area (Å²) in [6.45, 7) is 2.07. The minimum Gasteiger partial charge on any atom is -0.390 e. The van der Waals surface area contributed by atoms with Gasteiger partial charge in [-0.15, -0.1) is 0 Å². The quantitative estimate of drug-likeness (QED) is 0.397. The van der Waals surface area contributed by atoms with E-state index in [4.69, 9.17) is 4.43 Å². The Hall–Kier alpha value is 0.797. The first-order chi connectivity index (χ1) is 5.58. The van der Waals surface area contributed by atoms with Gasteiger partial charge in [0.25, 0.3) is 0 Å². The maximum atomic E-state index is 9.49. The highest BCUT2D eigenvalue weighted by Gasteiger charge is 2.40. The maximum Gasteiger partial charge on any atom is 0.499 e. The van der Waals surface area contributed by atoms with Gasteiger partial charge in [0.05, 0.1) is 0 Å². The molecule has 0 aliphatic carbocycles. The lowest BCUT2D eigenvalue weighted by molar-refractivity contribution is 0.145. The summed E-state index contributed by atoms with van der Waals surface area (Å²) in [6.07, 6.45) is 0.631. The van der Waals surface area contributed by atoms with E-state index in [9.17, 15) is 9.59 Å². The van der Waals surface area contributed by atoms with E-state index in [-0.39, 0.29) is 5.54 Å². The summed E-state index contributed by atoms with van der Waals surface area (Å²) in [6, 6.07) is 0. The average molecular weight is 228 g/mol. The van der Waals surface area contributed by atoms with Crippen molar-refractivity contribution in [3.63, 3.8) is 0 Å². The van der Waals surface area contributed by atoms with Crippen molar-refractivity contribution in [3.8, 4) is 0 Å². The van der Waals surface area contributed by atoms with E-state index < -0.39 is 8.80 Å². The molecule has 0 spiro atoms. The van der Waals surface area contributed by atoms with E-state index in [0.29, 0.717) is 24.5 Å². The van der Waals surface area contributed by atoms with Crippen LogP contribution in [0, 0.1) is 0 Å². The van der Waals surface area contributed by atoms with Crippen LogP contribution < -0.4 is 0 Å². The van der Waals surface area contributed by atoms with E-state index >= 15 is 0 Å². The summed E-state index contributed by atoms with van der Waals surface area (Å²) < 4.78 is 4.90. The summed E-state index contributed by atoms with van der Waals surface area (Å²) in [7, 11) is -3.48. The van der Waals surface area contributed by atoms with Crippen LogP contribution >= 0.6 is 25.3 Å². The van der Waals surface area contributed by atoms with Gasteiger partial charge in [0.1, 0.15) is 0 Å². The highest BCUT2D eigenvalue weighted by molar-refractivity contribution is 7.80. The zero-order valence-electron chi connectivity index (χ0n) is 7.10. The molecule has 0 aromatic heterocycles. The van der Waals surface area contributed by atoms with Crippen LogP contribution in [0.4, 0.5) is 0 Å². The highest BCUT2D eigenvalue weighted by Crippen LogP contribution is 2.23. The Labute approximate surface area is 85.3 Å². The molecule has 1 unspecified atom stereocenters. The Morgan fingerprint density at radius 1 is 1.42 bits per heavy atom. The minimum atomic E-state index is -3.48. The van der Waals surface area contributed by atoms with Gasteiger partial charge in [0.2, 0.25) is 0 Å². The second kappa shape index (κ2) is 6.28. The molecule has 0 saturated heterocycles. The summed E-state index contributed by atoms with van der Waals surface area (Å²) in [5.74, 6) is 1.05. The number of rotatable bonds is 6. The number of thiol groups is 2. The van der Waals surface area contributed by atoms with E-state index in [0.717, 1.165) is 0 Å². The Kier molecular flexibility index (Phi) is 6.70. The monoisotopic (exact) mass is 228 g/mol. The second-order valence-corrected chi connectivity index (χ2v) is 5.72. The van der Waals surface area contributed by atoms with Crippen LogP contribution in [0.3, 0.4) is 0 Å². The van der Waals surface area contributed by atoms with Crippen molar-refractivity contribution < 1.29 is 14.0 Å². The van der Waals surface area contributed by atoms with Crippen molar-refractivity contribution in [3.05, 3.63) is 0 Å². The molecule has 0 bridgehead atoms. The first kappa shape index (κ1) is 12.8. The molecule has 2 N–H and O–H groups in total. The summed E-state index contributed by atoms with van der Waals surface area (Å²) in [5, 5.41) is 0. The molecule has 0 aromatic rings. The summed E-state index contributed by atoms with van der Waals surface area (Å²) in [5.41, 5.74) is -0.252. The Balaban J connectivity index is 4.05. The van der Waals surface area contributed by atoms with Crippen molar-refractivity contribution in [1.29, 1.82) is 0 Å². The predicted molar refractivity (Wildman–Crippen MR) is 57.9 cm³/mol. The molecule has 12 heavy (non-hydrogen) atoms. The van der Waals surface area contributed by atoms with Crippen molar-refractivity contribution in [2.45, 2.75) is 18.9 Å². The van der Waals surface area contributed by atoms with Crippen LogP contribution in [0.25, 0.3) is 0 Å². The first-order valence-corrected chi connectivity index (χ1v) is 7.03. The molecule has 1 atom stereocenters. The molecule has 6 heteroatoms. The molecule has 3 nitrogen and oxygen atoms in total.